The van der Waals surface area contributed by atoms with Crippen molar-refractivity contribution in [1.29, 1.82) is 0 Å². The van der Waals surface area contributed by atoms with E-state index in [0.29, 0.717) is 18.4 Å². The lowest BCUT2D eigenvalue weighted by Gasteiger charge is -2.12. The van der Waals surface area contributed by atoms with Gasteiger partial charge in [-0.3, -0.25) is 15.1 Å². The minimum absolute atomic E-state index is 0.106. The topological polar surface area (TPSA) is 79.6 Å². The number of hydrogen-bond donors (Lipinski definition) is 2. The highest BCUT2D eigenvalue weighted by Gasteiger charge is 2.06. The van der Waals surface area contributed by atoms with Gasteiger partial charge in [0.1, 0.15) is 0 Å². The maximum atomic E-state index is 10.7. The van der Waals surface area contributed by atoms with Crippen molar-refractivity contribution in [2.24, 2.45) is 10.9 Å². The van der Waals surface area contributed by atoms with Gasteiger partial charge < -0.3 is 10.6 Å². The maximum absolute atomic E-state index is 10.7. The van der Waals surface area contributed by atoms with Crippen molar-refractivity contribution in [1.82, 2.24) is 10.6 Å². The standard InChI is InChI=1S/C15H24N4O2/c1-12(2)6-5-9-17-15(16-3)18-11-13-7-4-8-14(10-13)19(20)21/h4,7-8,10,12H,5-6,9,11H2,1-3H3,(H2,16,17,18). The van der Waals surface area contributed by atoms with E-state index < -0.39 is 0 Å². The van der Waals surface area contributed by atoms with Crippen molar-refractivity contribution in [2.45, 2.75) is 33.2 Å². The quantitative estimate of drug-likeness (QED) is 0.266. The fourth-order valence-electron chi connectivity index (χ4n) is 1.90. The van der Waals surface area contributed by atoms with Gasteiger partial charge in [-0.25, -0.2) is 0 Å². The lowest BCUT2D eigenvalue weighted by Crippen LogP contribution is -2.37. The van der Waals surface area contributed by atoms with Crippen LogP contribution in [0.5, 0.6) is 0 Å². The van der Waals surface area contributed by atoms with Crippen molar-refractivity contribution in [3.05, 3.63) is 39.9 Å². The van der Waals surface area contributed by atoms with Crippen LogP contribution in [0.4, 0.5) is 5.69 Å². The molecule has 1 aromatic carbocycles. The number of non-ortho nitro benzene ring substituents is 1. The Hall–Kier alpha value is -2.11. The molecule has 0 heterocycles. The van der Waals surface area contributed by atoms with Gasteiger partial charge in [-0.05, 0) is 24.3 Å². The van der Waals surface area contributed by atoms with Crippen LogP contribution in [0.2, 0.25) is 0 Å². The van der Waals surface area contributed by atoms with Gasteiger partial charge in [0, 0.05) is 32.3 Å². The van der Waals surface area contributed by atoms with Crippen molar-refractivity contribution in [3.63, 3.8) is 0 Å². The zero-order chi connectivity index (χ0) is 15.7. The monoisotopic (exact) mass is 292 g/mol. The van der Waals surface area contributed by atoms with E-state index in [1.54, 1.807) is 19.2 Å². The molecule has 1 aromatic rings. The summed E-state index contributed by atoms with van der Waals surface area (Å²) in [5.74, 6) is 1.41. The average Bonchev–Trinajstić information content (AvgIpc) is 2.46. The Balaban J connectivity index is 2.41. The number of aliphatic imine (C=N–C) groups is 1. The van der Waals surface area contributed by atoms with Gasteiger partial charge >= 0.3 is 0 Å². The highest BCUT2D eigenvalue weighted by molar-refractivity contribution is 5.79. The Bertz CT molecular complexity index is 486. The van der Waals surface area contributed by atoms with Crippen molar-refractivity contribution >= 4 is 11.6 Å². The van der Waals surface area contributed by atoms with E-state index in [9.17, 15) is 10.1 Å². The third-order valence-electron chi connectivity index (χ3n) is 3.06. The van der Waals surface area contributed by atoms with E-state index in [-0.39, 0.29) is 10.6 Å². The van der Waals surface area contributed by atoms with E-state index in [4.69, 9.17) is 0 Å². The lowest BCUT2D eigenvalue weighted by molar-refractivity contribution is -0.384. The molecule has 6 heteroatoms. The summed E-state index contributed by atoms with van der Waals surface area (Å²) in [6.45, 7) is 5.78. The molecule has 0 aliphatic rings. The molecular formula is C15H24N4O2. The molecule has 0 spiro atoms. The van der Waals surface area contributed by atoms with Crippen LogP contribution in [-0.4, -0.2) is 24.5 Å². The summed E-state index contributed by atoms with van der Waals surface area (Å²) in [7, 11) is 1.71. The first kappa shape index (κ1) is 16.9. The number of rotatable bonds is 7. The van der Waals surface area contributed by atoms with E-state index >= 15 is 0 Å². The molecule has 2 N–H and O–H groups in total. The molecule has 0 radical (unpaired) electrons. The van der Waals surface area contributed by atoms with Gasteiger partial charge in [-0.2, -0.15) is 0 Å². The number of guanidine groups is 1. The third kappa shape index (κ3) is 6.74. The molecule has 0 aromatic heterocycles. The number of nitrogens with one attached hydrogen (secondary N) is 2. The normalized spacial score (nSPS) is 11.5. The Kier molecular flexibility index (Phi) is 7.21. The van der Waals surface area contributed by atoms with Gasteiger partial charge in [0.2, 0.25) is 0 Å². The van der Waals surface area contributed by atoms with Gasteiger partial charge in [0.05, 0.1) is 4.92 Å². The molecule has 6 nitrogen and oxygen atoms in total. The number of nitro groups is 1. The van der Waals surface area contributed by atoms with Crippen LogP contribution in [0.25, 0.3) is 0 Å². The number of nitro benzene ring substituents is 1. The highest BCUT2D eigenvalue weighted by Crippen LogP contribution is 2.12. The first-order chi connectivity index (χ1) is 10.0. The maximum Gasteiger partial charge on any atom is 0.269 e. The minimum atomic E-state index is -0.386. The fourth-order valence-corrected chi connectivity index (χ4v) is 1.90. The first-order valence-corrected chi connectivity index (χ1v) is 7.20. The Labute approximate surface area is 125 Å². The molecule has 0 aliphatic heterocycles. The largest absolute Gasteiger partial charge is 0.356 e. The Morgan fingerprint density at radius 3 is 2.76 bits per heavy atom. The van der Waals surface area contributed by atoms with Gasteiger partial charge in [-0.15, -0.1) is 0 Å². The molecule has 116 valence electrons. The molecule has 0 amide bonds. The summed E-state index contributed by atoms with van der Waals surface area (Å²) in [4.78, 5) is 14.5. The van der Waals surface area contributed by atoms with Crippen LogP contribution in [0, 0.1) is 16.0 Å². The molecule has 0 unspecified atom stereocenters. The van der Waals surface area contributed by atoms with Crippen LogP contribution in [0.1, 0.15) is 32.3 Å². The second-order valence-electron chi connectivity index (χ2n) is 5.32. The lowest BCUT2D eigenvalue weighted by atomic mass is 10.1. The van der Waals surface area contributed by atoms with Crippen molar-refractivity contribution < 1.29 is 4.92 Å². The molecule has 0 atom stereocenters. The second-order valence-corrected chi connectivity index (χ2v) is 5.32. The zero-order valence-corrected chi connectivity index (χ0v) is 12.9. The third-order valence-corrected chi connectivity index (χ3v) is 3.06. The number of benzene rings is 1. The average molecular weight is 292 g/mol. The summed E-state index contributed by atoms with van der Waals surface area (Å²) in [6, 6.07) is 6.60. The van der Waals surface area contributed by atoms with Gasteiger partial charge in [0.15, 0.2) is 5.96 Å². The summed E-state index contributed by atoms with van der Waals surface area (Å²) in [5, 5.41) is 17.1. The summed E-state index contributed by atoms with van der Waals surface area (Å²) in [6.07, 6.45) is 2.27. The smallest absolute Gasteiger partial charge is 0.269 e. The molecule has 0 aliphatic carbocycles. The number of hydrogen-bond acceptors (Lipinski definition) is 3. The van der Waals surface area contributed by atoms with E-state index in [0.717, 1.165) is 18.5 Å². The Morgan fingerprint density at radius 1 is 1.38 bits per heavy atom. The van der Waals surface area contributed by atoms with Crippen LogP contribution in [-0.2, 0) is 6.54 Å². The molecule has 0 saturated heterocycles. The molecular weight excluding hydrogens is 268 g/mol. The SMILES string of the molecule is CN=C(NCCCC(C)C)NCc1cccc([N+](=O)[O-])c1. The predicted molar refractivity (Wildman–Crippen MR) is 85.4 cm³/mol. The van der Waals surface area contributed by atoms with E-state index in [2.05, 4.69) is 29.5 Å². The van der Waals surface area contributed by atoms with Crippen LogP contribution >= 0.6 is 0 Å². The molecule has 0 fully saturated rings. The molecule has 0 saturated carbocycles. The number of nitrogens with zero attached hydrogens (tertiary/aromatic N) is 2. The van der Waals surface area contributed by atoms with Crippen LogP contribution in [0.15, 0.2) is 29.3 Å². The first-order valence-electron chi connectivity index (χ1n) is 7.20. The Morgan fingerprint density at radius 2 is 2.14 bits per heavy atom. The predicted octanol–water partition coefficient (Wildman–Crippen LogP) is 2.70. The summed E-state index contributed by atoms with van der Waals surface area (Å²) < 4.78 is 0. The van der Waals surface area contributed by atoms with Crippen molar-refractivity contribution in [3.8, 4) is 0 Å². The molecule has 0 bridgehead atoms. The zero-order valence-electron chi connectivity index (χ0n) is 12.9. The van der Waals surface area contributed by atoms with Gasteiger partial charge in [-0.1, -0.05) is 26.0 Å². The molecule has 1 rings (SSSR count). The van der Waals surface area contributed by atoms with Crippen molar-refractivity contribution in [2.75, 3.05) is 13.6 Å². The highest BCUT2D eigenvalue weighted by atomic mass is 16.6. The van der Waals surface area contributed by atoms with Crippen LogP contribution in [0.3, 0.4) is 0 Å². The van der Waals surface area contributed by atoms with Gasteiger partial charge in [0.25, 0.3) is 5.69 Å². The van der Waals surface area contributed by atoms with E-state index in [1.807, 2.05) is 6.07 Å². The summed E-state index contributed by atoms with van der Waals surface area (Å²) >= 11 is 0. The fraction of sp³-hybridized carbons (Fsp3) is 0.533. The van der Waals surface area contributed by atoms with E-state index in [1.165, 1.54) is 12.5 Å². The minimum Gasteiger partial charge on any atom is -0.356 e. The molecule has 21 heavy (non-hydrogen) atoms. The van der Waals surface area contributed by atoms with Crippen LogP contribution < -0.4 is 10.6 Å². The second kappa shape index (κ2) is 8.94. The summed E-state index contributed by atoms with van der Waals surface area (Å²) in [5.41, 5.74) is 0.962.